The van der Waals surface area contributed by atoms with Crippen LogP contribution in [0.2, 0.25) is 0 Å². The third kappa shape index (κ3) is 1.88. The lowest BCUT2D eigenvalue weighted by Crippen LogP contribution is -2.46. The Bertz CT molecular complexity index is 891. The van der Waals surface area contributed by atoms with E-state index in [4.69, 9.17) is 4.52 Å². The first kappa shape index (κ1) is 13.9. The molecule has 8 nitrogen and oxygen atoms in total. The van der Waals surface area contributed by atoms with Crippen molar-refractivity contribution in [3.8, 4) is 0 Å². The number of amides is 1. The Morgan fingerprint density at radius 1 is 1.38 bits per heavy atom. The SMILES string of the molecule is Cc1noc(C23CC(CN2C(=O)c2cc(=O)[nH]c(C4CC4)n2)C3)n1. The van der Waals surface area contributed by atoms with Crippen LogP contribution < -0.4 is 5.56 Å². The van der Waals surface area contributed by atoms with E-state index in [1.807, 2.05) is 0 Å². The maximum absolute atomic E-state index is 13.0. The largest absolute Gasteiger partial charge is 0.337 e. The van der Waals surface area contributed by atoms with E-state index in [1.165, 1.54) is 6.07 Å². The van der Waals surface area contributed by atoms with Gasteiger partial charge >= 0.3 is 0 Å². The number of carbonyl (C=O) groups excluding carboxylic acids is 1. The van der Waals surface area contributed by atoms with Gasteiger partial charge in [0.25, 0.3) is 17.4 Å². The molecule has 124 valence electrons. The highest BCUT2D eigenvalue weighted by Crippen LogP contribution is 2.56. The van der Waals surface area contributed by atoms with Crippen molar-refractivity contribution in [2.75, 3.05) is 6.54 Å². The maximum Gasteiger partial charge on any atom is 0.273 e. The summed E-state index contributed by atoms with van der Waals surface area (Å²) in [5, 5.41) is 3.86. The minimum atomic E-state index is -0.521. The van der Waals surface area contributed by atoms with Crippen LogP contribution in [0.15, 0.2) is 15.4 Å². The highest BCUT2D eigenvalue weighted by molar-refractivity contribution is 5.93. The van der Waals surface area contributed by atoms with Gasteiger partial charge in [-0.2, -0.15) is 4.98 Å². The van der Waals surface area contributed by atoms with E-state index in [2.05, 4.69) is 20.1 Å². The number of carbonyl (C=O) groups is 1. The van der Waals surface area contributed by atoms with Crippen LogP contribution in [0.3, 0.4) is 0 Å². The molecular formula is C16H17N5O3. The van der Waals surface area contributed by atoms with Gasteiger partial charge in [0, 0.05) is 18.5 Å². The smallest absolute Gasteiger partial charge is 0.273 e. The second-order valence-corrected chi connectivity index (χ2v) is 7.16. The molecule has 8 heteroatoms. The molecule has 0 unspecified atom stereocenters. The Hall–Kier alpha value is -2.51. The number of rotatable bonds is 3. The Labute approximate surface area is 137 Å². The zero-order chi connectivity index (χ0) is 16.5. The quantitative estimate of drug-likeness (QED) is 0.905. The topological polar surface area (TPSA) is 105 Å². The number of aromatic nitrogens is 4. The molecule has 0 spiro atoms. The highest BCUT2D eigenvalue weighted by Gasteiger charge is 2.62. The van der Waals surface area contributed by atoms with Gasteiger partial charge in [-0.25, -0.2) is 4.98 Å². The molecule has 4 heterocycles. The fourth-order valence-corrected chi connectivity index (χ4v) is 4.01. The second-order valence-electron chi connectivity index (χ2n) is 7.16. The highest BCUT2D eigenvalue weighted by atomic mass is 16.5. The molecule has 2 aliphatic carbocycles. The van der Waals surface area contributed by atoms with E-state index < -0.39 is 5.54 Å². The summed E-state index contributed by atoms with van der Waals surface area (Å²) in [6, 6.07) is 1.29. The Kier molecular flexibility index (Phi) is 2.62. The molecule has 0 atom stereocenters. The summed E-state index contributed by atoms with van der Waals surface area (Å²) in [6.45, 7) is 2.41. The summed E-state index contributed by atoms with van der Waals surface area (Å²) in [5.41, 5.74) is -0.583. The van der Waals surface area contributed by atoms with Crippen LogP contribution in [0.25, 0.3) is 0 Å². The van der Waals surface area contributed by atoms with Crippen LogP contribution in [0.5, 0.6) is 0 Å². The molecule has 2 aromatic heterocycles. The molecule has 2 aliphatic heterocycles. The van der Waals surface area contributed by atoms with Crippen molar-refractivity contribution in [2.45, 2.75) is 44.1 Å². The van der Waals surface area contributed by atoms with Crippen molar-refractivity contribution < 1.29 is 9.32 Å². The van der Waals surface area contributed by atoms with Crippen LogP contribution in [0.1, 0.15) is 59.6 Å². The van der Waals surface area contributed by atoms with Gasteiger partial charge in [0.2, 0.25) is 0 Å². The molecule has 4 fully saturated rings. The van der Waals surface area contributed by atoms with Crippen molar-refractivity contribution >= 4 is 5.91 Å². The average Bonchev–Trinajstić information content (AvgIpc) is 3.02. The monoisotopic (exact) mass is 327 g/mol. The molecule has 1 amide bonds. The third-order valence-electron chi connectivity index (χ3n) is 5.32. The molecule has 0 aromatic carbocycles. The van der Waals surface area contributed by atoms with Gasteiger partial charge in [-0.3, -0.25) is 9.59 Å². The van der Waals surface area contributed by atoms with Crippen molar-refractivity contribution in [1.82, 2.24) is 25.0 Å². The van der Waals surface area contributed by atoms with Crippen molar-refractivity contribution in [2.24, 2.45) is 5.92 Å². The van der Waals surface area contributed by atoms with E-state index in [0.717, 1.165) is 25.7 Å². The van der Waals surface area contributed by atoms with Crippen LogP contribution in [0.4, 0.5) is 0 Å². The number of H-pyrrole nitrogens is 1. The lowest BCUT2D eigenvalue weighted by molar-refractivity contribution is 0.0422. The zero-order valence-electron chi connectivity index (χ0n) is 13.3. The summed E-state index contributed by atoms with van der Waals surface area (Å²) >= 11 is 0. The van der Waals surface area contributed by atoms with Crippen LogP contribution >= 0.6 is 0 Å². The molecule has 6 rings (SSSR count). The van der Waals surface area contributed by atoms with Crippen molar-refractivity contribution in [1.29, 1.82) is 0 Å². The predicted octanol–water partition coefficient (Wildman–Crippen LogP) is 1.10. The normalized spacial score (nSPS) is 28.0. The first-order valence-electron chi connectivity index (χ1n) is 8.29. The molecule has 24 heavy (non-hydrogen) atoms. The Morgan fingerprint density at radius 3 is 2.83 bits per heavy atom. The van der Waals surface area contributed by atoms with Gasteiger partial charge in [0.1, 0.15) is 17.1 Å². The van der Waals surface area contributed by atoms with Gasteiger partial charge in [-0.1, -0.05) is 5.16 Å². The fourth-order valence-electron chi connectivity index (χ4n) is 4.01. The molecule has 1 N–H and O–H groups in total. The number of aromatic amines is 1. The number of aryl methyl sites for hydroxylation is 1. The maximum atomic E-state index is 13.0. The van der Waals surface area contributed by atoms with E-state index in [0.29, 0.717) is 30.0 Å². The fraction of sp³-hybridized carbons (Fsp3) is 0.562. The lowest BCUT2D eigenvalue weighted by atomic mass is 9.73. The van der Waals surface area contributed by atoms with Gasteiger partial charge in [0.15, 0.2) is 5.82 Å². The minimum absolute atomic E-state index is 0.212. The molecule has 2 bridgehead atoms. The van der Waals surface area contributed by atoms with E-state index >= 15 is 0 Å². The number of nitrogens with zero attached hydrogens (tertiary/aromatic N) is 4. The molecule has 2 aromatic rings. The van der Waals surface area contributed by atoms with Crippen molar-refractivity contribution in [3.63, 3.8) is 0 Å². The predicted molar refractivity (Wildman–Crippen MR) is 81.3 cm³/mol. The minimum Gasteiger partial charge on any atom is -0.337 e. The summed E-state index contributed by atoms with van der Waals surface area (Å²) in [6.07, 6.45) is 3.69. The standard InChI is InChI=1S/C16H17N5O3/c1-8-17-15(24-20-8)16-5-9(6-16)7-21(16)14(23)11-4-12(22)19-13(18-11)10-2-3-10/h4,9-10H,2-3,5-7H2,1H3,(H,18,19,22). The van der Waals surface area contributed by atoms with Gasteiger partial charge in [0.05, 0.1) is 0 Å². The zero-order valence-corrected chi connectivity index (χ0v) is 13.3. The summed E-state index contributed by atoms with van der Waals surface area (Å²) in [4.78, 5) is 38.2. The molecule has 2 saturated heterocycles. The molecule has 2 saturated carbocycles. The van der Waals surface area contributed by atoms with Crippen LogP contribution in [0, 0.1) is 12.8 Å². The molecule has 0 radical (unpaired) electrons. The summed E-state index contributed by atoms with van der Waals surface area (Å²) in [7, 11) is 0. The van der Waals surface area contributed by atoms with Crippen LogP contribution in [-0.2, 0) is 5.54 Å². The van der Waals surface area contributed by atoms with Gasteiger partial charge in [-0.15, -0.1) is 0 Å². The third-order valence-corrected chi connectivity index (χ3v) is 5.32. The first-order chi connectivity index (χ1) is 11.5. The average molecular weight is 327 g/mol. The van der Waals surface area contributed by atoms with Gasteiger partial charge < -0.3 is 14.4 Å². The van der Waals surface area contributed by atoms with E-state index in [1.54, 1.807) is 11.8 Å². The van der Waals surface area contributed by atoms with Gasteiger partial charge in [-0.05, 0) is 38.5 Å². The Morgan fingerprint density at radius 2 is 2.17 bits per heavy atom. The van der Waals surface area contributed by atoms with E-state index in [-0.39, 0.29) is 23.1 Å². The summed E-state index contributed by atoms with van der Waals surface area (Å²) < 4.78 is 5.36. The summed E-state index contributed by atoms with van der Waals surface area (Å²) in [5.74, 6) is 2.19. The molecular weight excluding hydrogens is 310 g/mol. The number of hydrogen-bond acceptors (Lipinski definition) is 6. The van der Waals surface area contributed by atoms with Crippen LogP contribution in [-0.4, -0.2) is 37.5 Å². The number of fused-ring (bicyclic) bond motifs is 1. The number of nitrogens with one attached hydrogen (secondary N) is 1. The number of hydrogen-bond donors (Lipinski definition) is 1. The molecule has 4 aliphatic rings. The van der Waals surface area contributed by atoms with E-state index in [9.17, 15) is 9.59 Å². The van der Waals surface area contributed by atoms with Crippen molar-refractivity contribution in [3.05, 3.63) is 39.7 Å². The lowest BCUT2D eigenvalue weighted by Gasteiger charge is -2.38. The second kappa shape index (κ2) is 4.52. The first-order valence-corrected chi connectivity index (χ1v) is 8.29. The Balaban J connectivity index is 1.52.